The van der Waals surface area contributed by atoms with Crippen LogP contribution in [0.4, 0.5) is 10.1 Å². The molecule has 0 aliphatic rings. The fourth-order valence-electron chi connectivity index (χ4n) is 0.907. The van der Waals surface area contributed by atoms with Crippen LogP contribution in [-0.2, 0) is 0 Å². The topological polar surface area (TPSA) is 66.9 Å². The molecule has 1 rings (SSSR count). The number of nitriles is 1. The molecule has 0 saturated heterocycles. The van der Waals surface area contributed by atoms with Gasteiger partial charge in [-0.15, -0.1) is 0 Å². The van der Waals surface area contributed by atoms with Crippen molar-refractivity contribution in [3.63, 3.8) is 0 Å². The Balaban J connectivity index is 3.44. The van der Waals surface area contributed by atoms with E-state index >= 15 is 0 Å². The van der Waals surface area contributed by atoms with Gasteiger partial charge in [0, 0.05) is 6.07 Å². The van der Waals surface area contributed by atoms with Gasteiger partial charge in [-0.2, -0.15) is 5.26 Å². The lowest BCUT2D eigenvalue weighted by Crippen LogP contribution is -1.95. The van der Waals surface area contributed by atoms with Gasteiger partial charge in [0.2, 0.25) is 0 Å². The van der Waals surface area contributed by atoms with E-state index in [1.165, 1.54) is 6.92 Å². The molecule has 0 bridgehead atoms. The average Bonchev–Trinajstić information content (AvgIpc) is 2.08. The number of nitro groups is 1. The van der Waals surface area contributed by atoms with E-state index in [-0.39, 0.29) is 16.8 Å². The second-order valence-corrected chi connectivity index (χ2v) is 2.49. The van der Waals surface area contributed by atoms with Crippen LogP contribution in [0.5, 0.6) is 0 Å². The van der Waals surface area contributed by atoms with Gasteiger partial charge in [-0.1, -0.05) is 0 Å². The third-order valence-corrected chi connectivity index (χ3v) is 1.59. The van der Waals surface area contributed by atoms with E-state index in [1.54, 1.807) is 6.07 Å². The van der Waals surface area contributed by atoms with Crippen LogP contribution in [0.2, 0.25) is 0 Å². The van der Waals surface area contributed by atoms with E-state index in [0.29, 0.717) is 0 Å². The first kappa shape index (κ1) is 9.13. The van der Waals surface area contributed by atoms with Crippen molar-refractivity contribution in [3.8, 4) is 6.07 Å². The maximum atomic E-state index is 12.8. The van der Waals surface area contributed by atoms with Gasteiger partial charge in [0.05, 0.1) is 4.92 Å². The van der Waals surface area contributed by atoms with Crippen LogP contribution >= 0.6 is 0 Å². The van der Waals surface area contributed by atoms with Gasteiger partial charge in [0.25, 0.3) is 5.69 Å². The van der Waals surface area contributed by atoms with Crippen molar-refractivity contribution in [1.82, 2.24) is 0 Å². The Hall–Kier alpha value is -1.96. The molecule has 1 aromatic carbocycles. The summed E-state index contributed by atoms with van der Waals surface area (Å²) in [6, 6.07) is 3.48. The molecule has 0 N–H and O–H groups in total. The van der Waals surface area contributed by atoms with Crippen molar-refractivity contribution in [1.29, 1.82) is 5.26 Å². The molecule has 5 heteroatoms. The molecule has 0 aliphatic carbocycles. The Bertz CT molecular complexity index is 409. The van der Waals surface area contributed by atoms with Crippen molar-refractivity contribution in [2.45, 2.75) is 6.92 Å². The van der Waals surface area contributed by atoms with Crippen molar-refractivity contribution in [2.24, 2.45) is 0 Å². The number of rotatable bonds is 1. The predicted molar refractivity (Wildman–Crippen MR) is 42.5 cm³/mol. The standard InChI is InChI=1S/C8H5FN2O2/c1-5-2-8(11(12)13)6(4-10)3-7(5)9/h2-3H,1H3. The van der Waals surface area contributed by atoms with Gasteiger partial charge in [-0.25, -0.2) is 4.39 Å². The molecule has 0 atom stereocenters. The summed E-state index contributed by atoms with van der Waals surface area (Å²) in [5.41, 5.74) is -0.458. The van der Waals surface area contributed by atoms with Crippen molar-refractivity contribution in [2.75, 3.05) is 0 Å². The second-order valence-electron chi connectivity index (χ2n) is 2.49. The van der Waals surface area contributed by atoms with Gasteiger partial charge in [0.15, 0.2) is 0 Å². The van der Waals surface area contributed by atoms with E-state index in [1.807, 2.05) is 0 Å². The lowest BCUT2D eigenvalue weighted by atomic mass is 10.1. The number of nitro benzene ring substituents is 1. The molecule has 0 amide bonds. The minimum Gasteiger partial charge on any atom is -0.258 e. The molecular formula is C8H5FN2O2. The average molecular weight is 180 g/mol. The molecule has 4 nitrogen and oxygen atoms in total. The van der Waals surface area contributed by atoms with E-state index in [2.05, 4.69) is 0 Å². The van der Waals surface area contributed by atoms with Gasteiger partial charge in [0.1, 0.15) is 17.4 Å². The SMILES string of the molecule is Cc1cc([N+](=O)[O-])c(C#N)cc1F. The molecule has 66 valence electrons. The molecular weight excluding hydrogens is 175 g/mol. The maximum absolute atomic E-state index is 12.8. The Kier molecular flexibility index (Phi) is 2.24. The zero-order chi connectivity index (χ0) is 10.0. The number of hydrogen-bond acceptors (Lipinski definition) is 3. The van der Waals surface area contributed by atoms with Gasteiger partial charge in [-0.05, 0) is 18.6 Å². The minimum absolute atomic E-state index is 0.158. The highest BCUT2D eigenvalue weighted by atomic mass is 19.1. The number of nitrogens with zero attached hydrogens (tertiary/aromatic N) is 2. The Morgan fingerprint density at radius 2 is 2.23 bits per heavy atom. The fraction of sp³-hybridized carbons (Fsp3) is 0.125. The minimum atomic E-state index is -0.703. The number of benzene rings is 1. The summed E-state index contributed by atoms with van der Waals surface area (Å²) in [5.74, 6) is -0.609. The van der Waals surface area contributed by atoms with Crippen LogP contribution in [0, 0.1) is 34.2 Å². The molecule has 0 aliphatic heterocycles. The number of hydrogen-bond donors (Lipinski definition) is 0. The summed E-state index contributed by atoms with van der Waals surface area (Å²) in [6.07, 6.45) is 0. The number of halogens is 1. The van der Waals surface area contributed by atoms with E-state index in [0.717, 1.165) is 12.1 Å². The zero-order valence-electron chi connectivity index (χ0n) is 6.74. The Labute approximate surface area is 73.4 Å². The molecule has 0 radical (unpaired) electrons. The smallest absolute Gasteiger partial charge is 0.258 e. The molecule has 0 saturated carbocycles. The van der Waals surface area contributed by atoms with Crippen LogP contribution in [0.25, 0.3) is 0 Å². The van der Waals surface area contributed by atoms with E-state index in [9.17, 15) is 14.5 Å². The van der Waals surface area contributed by atoms with Crippen LogP contribution in [0.1, 0.15) is 11.1 Å². The molecule has 0 fully saturated rings. The third-order valence-electron chi connectivity index (χ3n) is 1.59. The highest BCUT2D eigenvalue weighted by molar-refractivity contribution is 5.50. The number of aryl methyl sites for hydroxylation is 1. The van der Waals surface area contributed by atoms with Crippen molar-refractivity contribution < 1.29 is 9.31 Å². The summed E-state index contributed by atoms with van der Waals surface area (Å²) < 4.78 is 12.8. The normalized spacial score (nSPS) is 9.31. The van der Waals surface area contributed by atoms with Crippen LogP contribution in [-0.4, -0.2) is 4.92 Å². The maximum Gasteiger partial charge on any atom is 0.287 e. The van der Waals surface area contributed by atoms with E-state index < -0.39 is 10.7 Å². The van der Waals surface area contributed by atoms with Crippen LogP contribution in [0.15, 0.2) is 12.1 Å². The molecule has 0 spiro atoms. The first-order valence-corrected chi connectivity index (χ1v) is 3.41. The van der Waals surface area contributed by atoms with Gasteiger partial charge in [-0.3, -0.25) is 10.1 Å². The summed E-state index contributed by atoms with van der Waals surface area (Å²) in [4.78, 5) is 9.67. The van der Waals surface area contributed by atoms with Gasteiger partial charge >= 0.3 is 0 Å². The molecule has 0 unspecified atom stereocenters. The summed E-state index contributed by atoms with van der Waals surface area (Å²) >= 11 is 0. The monoisotopic (exact) mass is 180 g/mol. The second kappa shape index (κ2) is 3.19. The molecule has 0 aromatic heterocycles. The van der Waals surface area contributed by atoms with E-state index in [4.69, 9.17) is 5.26 Å². The lowest BCUT2D eigenvalue weighted by molar-refractivity contribution is -0.385. The van der Waals surface area contributed by atoms with Crippen molar-refractivity contribution in [3.05, 3.63) is 39.2 Å². The third kappa shape index (κ3) is 1.62. The van der Waals surface area contributed by atoms with Crippen molar-refractivity contribution >= 4 is 5.69 Å². The highest BCUT2D eigenvalue weighted by Crippen LogP contribution is 2.21. The fourth-order valence-corrected chi connectivity index (χ4v) is 0.907. The summed E-state index contributed by atoms with van der Waals surface area (Å²) in [7, 11) is 0. The predicted octanol–water partition coefficient (Wildman–Crippen LogP) is 1.91. The van der Waals surface area contributed by atoms with Gasteiger partial charge < -0.3 is 0 Å². The molecule has 0 heterocycles. The van der Waals surface area contributed by atoms with Crippen LogP contribution in [0.3, 0.4) is 0 Å². The first-order valence-electron chi connectivity index (χ1n) is 3.41. The first-order chi connectivity index (χ1) is 6.06. The lowest BCUT2D eigenvalue weighted by Gasteiger charge is -1.97. The van der Waals surface area contributed by atoms with Crippen LogP contribution < -0.4 is 0 Å². The molecule has 1 aromatic rings. The summed E-state index contributed by atoms with van der Waals surface area (Å²) in [6.45, 7) is 1.41. The zero-order valence-corrected chi connectivity index (χ0v) is 6.74. The summed E-state index contributed by atoms with van der Waals surface area (Å²) in [5, 5.41) is 18.8. The largest absolute Gasteiger partial charge is 0.287 e. The Morgan fingerprint density at radius 1 is 1.62 bits per heavy atom. The molecule has 13 heavy (non-hydrogen) atoms. The quantitative estimate of drug-likeness (QED) is 0.489. The highest BCUT2D eigenvalue weighted by Gasteiger charge is 2.15. The Morgan fingerprint density at radius 3 is 2.69 bits per heavy atom.